The standard InChI is InChI=1S/C14H16BrNO4/c1-20-12-6-9(15)4-5-10(12)14(19)16-11(7-13(17)18)8-2-3-8/h4-6,8,11H,2-3,7H2,1H3,(H,16,19)(H,17,18). The molecule has 1 aliphatic carbocycles. The summed E-state index contributed by atoms with van der Waals surface area (Å²) >= 11 is 3.31. The van der Waals surface area contributed by atoms with E-state index in [1.165, 1.54) is 7.11 Å². The third kappa shape index (κ3) is 3.72. The summed E-state index contributed by atoms with van der Waals surface area (Å²) in [7, 11) is 1.49. The van der Waals surface area contributed by atoms with Crippen molar-refractivity contribution < 1.29 is 19.4 Å². The van der Waals surface area contributed by atoms with Crippen molar-refractivity contribution in [2.45, 2.75) is 25.3 Å². The Morgan fingerprint density at radius 2 is 2.20 bits per heavy atom. The summed E-state index contributed by atoms with van der Waals surface area (Å²) in [6, 6.07) is 4.80. The van der Waals surface area contributed by atoms with Gasteiger partial charge in [0.15, 0.2) is 0 Å². The largest absolute Gasteiger partial charge is 0.496 e. The Morgan fingerprint density at radius 3 is 2.75 bits per heavy atom. The smallest absolute Gasteiger partial charge is 0.305 e. The lowest BCUT2D eigenvalue weighted by atomic mass is 10.1. The summed E-state index contributed by atoms with van der Waals surface area (Å²) in [5, 5.41) is 11.7. The topological polar surface area (TPSA) is 75.6 Å². The number of rotatable bonds is 6. The first-order valence-corrected chi connectivity index (χ1v) is 7.16. The van der Waals surface area contributed by atoms with Crippen LogP contribution in [0.4, 0.5) is 0 Å². The Bertz CT molecular complexity index is 528. The normalized spacial score (nSPS) is 15.5. The number of amides is 1. The molecule has 5 nitrogen and oxygen atoms in total. The molecule has 6 heteroatoms. The number of carboxylic acid groups (broad SMARTS) is 1. The van der Waals surface area contributed by atoms with Crippen LogP contribution < -0.4 is 10.1 Å². The van der Waals surface area contributed by atoms with Crippen LogP contribution in [-0.4, -0.2) is 30.1 Å². The zero-order valence-corrected chi connectivity index (χ0v) is 12.6. The summed E-state index contributed by atoms with van der Waals surface area (Å²) in [6.45, 7) is 0. The molecule has 20 heavy (non-hydrogen) atoms. The van der Waals surface area contributed by atoms with Gasteiger partial charge in [0.25, 0.3) is 5.91 Å². The van der Waals surface area contributed by atoms with E-state index < -0.39 is 5.97 Å². The zero-order chi connectivity index (χ0) is 14.7. The first kappa shape index (κ1) is 14.8. The average Bonchev–Trinajstić information content (AvgIpc) is 3.21. The Balaban J connectivity index is 2.12. The number of benzene rings is 1. The number of ether oxygens (including phenoxy) is 1. The number of nitrogens with one attached hydrogen (secondary N) is 1. The van der Waals surface area contributed by atoms with E-state index in [9.17, 15) is 9.59 Å². The van der Waals surface area contributed by atoms with Gasteiger partial charge in [-0.05, 0) is 37.0 Å². The van der Waals surface area contributed by atoms with Crippen LogP contribution in [0.1, 0.15) is 29.6 Å². The summed E-state index contributed by atoms with van der Waals surface area (Å²) in [5.41, 5.74) is 0.409. The molecule has 0 heterocycles. The highest BCUT2D eigenvalue weighted by Gasteiger charge is 2.34. The van der Waals surface area contributed by atoms with Crippen LogP contribution in [-0.2, 0) is 4.79 Å². The van der Waals surface area contributed by atoms with Gasteiger partial charge in [-0.15, -0.1) is 0 Å². The lowest BCUT2D eigenvalue weighted by molar-refractivity contribution is -0.137. The molecule has 1 aliphatic rings. The average molecular weight is 342 g/mol. The van der Waals surface area contributed by atoms with Gasteiger partial charge in [-0.1, -0.05) is 15.9 Å². The highest BCUT2D eigenvalue weighted by atomic mass is 79.9. The van der Waals surface area contributed by atoms with Gasteiger partial charge in [0.05, 0.1) is 19.1 Å². The second kappa shape index (κ2) is 6.26. The van der Waals surface area contributed by atoms with Gasteiger partial charge >= 0.3 is 5.97 Å². The van der Waals surface area contributed by atoms with E-state index in [0.717, 1.165) is 17.3 Å². The third-order valence-electron chi connectivity index (χ3n) is 3.31. The van der Waals surface area contributed by atoms with Crippen LogP contribution in [0, 0.1) is 5.92 Å². The van der Waals surface area contributed by atoms with E-state index in [2.05, 4.69) is 21.2 Å². The zero-order valence-electron chi connectivity index (χ0n) is 11.1. The predicted molar refractivity (Wildman–Crippen MR) is 76.9 cm³/mol. The van der Waals surface area contributed by atoms with E-state index in [0.29, 0.717) is 11.3 Å². The van der Waals surface area contributed by atoms with E-state index >= 15 is 0 Å². The van der Waals surface area contributed by atoms with Gasteiger partial charge < -0.3 is 15.2 Å². The maximum atomic E-state index is 12.3. The van der Waals surface area contributed by atoms with Crippen molar-refractivity contribution in [2.24, 2.45) is 5.92 Å². The molecule has 1 unspecified atom stereocenters. The van der Waals surface area contributed by atoms with Gasteiger partial charge in [0.2, 0.25) is 0 Å². The van der Waals surface area contributed by atoms with Gasteiger partial charge in [0, 0.05) is 10.5 Å². The molecule has 0 aliphatic heterocycles. The Morgan fingerprint density at radius 1 is 1.50 bits per heavy atom. The molecule has 1 fully saturated rings. The van der Waals surface area contributed by atoms with Crippen LogP contribution in [0.3, 0.4) is 0 Å². The van der Waals surface area contributed by atoms with Crippen molar-refractivity contribution in [2.75, 3.05) is 7.11 Å². The molecule has 2 N–H and O–H groups in total. The first-order valence-electron chi connectivity index (χ1n) is 6.37. The molecule has 0 radical (unpaired) electrons. The maximum Gasteiger partial charge on any atom is 0.305 e. The number of aliphatic carboxylic acids is 1. The molecule has 1 saturated carbocycles. The van der Waals surface area contributed by atoms with Crippen molar-refractivity contribution in [3.8, 4) is 5.75 Å². The van der Waals surface area contributed by atoms with Crippen LogP contribution in [0.2, 0.25) is 0 Å². The molecule has 0 aromatic heterocycles. The number of methoxy groups -OCH3 is 1. The van der Waals surface area contributed by atoms with Gasteiger partial charge in [-0.3, -0.25) is 9.59 Å². The van der Waals surface area contributed by atoms with E-state index in [-0.39, 0.29) is 24.3 Å². The minimum absolute atomic E-state index is 0.0464. The molecule has 0 bridgehead atoms. The molecule has 1 aromatic carbocycles. The molecule has 0 spiro atoms. The van der Waals surface area contributed by atoms with Crippen molar-refractivity contribution >= 4 is 27.8 Å². The van der Waals surface area contributed by atoms with E-state index in [1.807, 2.05) is 0 Å². The number of halogens is 1. The van der Waals surface area contributed by atoms with Crippen LogP contribution in [0.15, 0.2) is 22.7 Å². The number of carbonyl (C=O) groups is 2. The highest BCUT2D eigenvalue weighted by Crippen LogP contribution is 2.34. The molecule has 1 aromatic rings. The highest BCUT2D eigenvalue weighted by molar-refractivity contribution is 9.10. The first-order chi connectivity index (χ1) is 9.51. The minimum atomic E-state index is -0.898. The SMILES string of the molecule is COc1cc(Br)ccc1C(=O)NC(CC(=O)O)C1CC1. The van der Waals surface area contributed by atoms with Crippen molar-refractivity contribution in [3.63, 3.8) is 0 Å². The van der Waals surface area contributed by atoms with Crippen molar-refractivity contribution in [1.82, 2.24) is 5.32 Å². The third-order valence-corrected chi connectivity index (χ3v) is 3.80. The lowest BCUT2D eigenvalue weighted by Crippen LogP contribution is -2.38. The molecule has 108 valence electrons. The summed E-state index contributed by atoms with van der Waals surface area (Å²) in [6.07, 6.45) is 1.89. The van der Waals surface area contributed by atoms with Gasteiger partial charge in [-0.2, -0.15) is 0 Å². The quantitative estimate of drug-likeness (QED) is 0.833. The summed E-state index contributed by atoms with van der Waals surface area (Å²) in [4.78, 5) is 23.1. The molecule has 0 saturated heterocycles. The Labute approximate surface area is 125 Å². The summed E-state index contributed by atoms with van der Waals surface area (Å²) < 4.78 is 5.99. The van der Waals surface area contributed by atoms with E-state index in [1.54, 1.807) is 18.2 Å². The van der Waals surface area contributed by atoms with Gasteiger partial charge in [-0.25, -0.2) is 0 Å². The number of hydrogen-bond donors (Lipinski definition) is 2. The second-order valence-corrected chi connectivity index (χ2v) is 5.78. The predicted octanol–water partition coefficient (Wildman–Crippen LogP) is 2.44. The maximum absolute atomic E-state index is 12.3. The molecule has 1 atom stereocenters. The van der Waals surface area contributed by atoms with Crippen LogP contribution in [0.25, 0.3) is 0 Å². The lowest BCUT2D eigenvalue weighted by Gasteiger charge is -2.17. The second-order valence-electron chi connectivity index (χ2n) is 4.86. The molecule has 1 amide bonds. The summed E-state index contributed by atoms with van der Waals surface area (Å²) in [5.74, 6) is -0.462. The fraction of sp³-hybridized carbons (Fsp3) is 0.429. The minimum Gasteiger partial charge on any atom is -0.496 e. The number of carbonyl (C=O) groups excluding carboxylic acids is 1. The van der Waals surface area contributed by atoms with Gasteiger partial charge in [0.1, 0.15) is 5.75 Å². The van der Waals surface area contributed by atoms with Crippen LogP contribution in [0.5, 0.6) is 5.75 Å². The Hall–Kier alpha value is -1.56. The monoisotopic (exact) mass is 341 g/mol. The molecular weight excluding hydrogens is 326 g/mol. The van der Waals surface area contributed by atoms with Crippen molar-refractivity contribution in [3.05, 3.63) is 28.2 Å². The van der Waals surface area contributed by atoms with E-state index in [4.69, 9.17) is 9.84 Å². The fourth-order valence-electron chi connectivity index (χ4n) is 2.12. The Kier molecular flexibility index (Phi) is 4.65. The number of carboxylic acids is 1. The molecular formula is C14H16BrNO4. The number of hydrogen-bond acceptors (Lipinski definition) is 3. The van der Waals surface area contributed by atoms with Crippen molar-refractivity contribution in [1.29, 1.82) is 0 Å². The fourth-order valence-corrected chi connectivity index (χ4v) is 2.46. The van der Waals surface area contributed by atoms with Crippen LogP contribution >= 0.6 is 15.9 Å². The molecule has 2 rings (SSSR count).